The van der Waals surface area contributed by atoms with E-state index in [2.05, 4.69) is 10.6 Å². The number of halogens is 1. The van der Waals surface area contributed by atoms with Crippen LogP contribution in [0.3, 0.4) is 0 Å². The molecule has 2 saturated heterocycles. The number of methoxy groups -OCH3 is 2. The summed E-state index contributed by atoms with van der Waals surface area (Å²) in [6.07, 6.45) is 0.186. The molecule has 2 fully saturated rings. The molecule has 3 amide bonds. The van der Waals surface area contributed by atoms with E-state index in [4.69, 9.17) is 41.0 Å². The van der Waals surface area contributed by atoms with E-state index in [0.29, 0.717) is 17.9 Å². The van der Waals surface area contributed by atoms with Crippen molar-refractivity contribution in [2.45, 2.75) is 95.2 Å². The standard InChI is InChI=1S/C41H54ClN5O11/c1-21-11-10-12-31(55-9)41(53)20-30(56-39(52)45-41)22(2)35-40(4,58-35)32(19-33(48)47(7)28-16-24(15-21)17-29(54-8)34(28)42)57-38(51)23(3)46(6)37(50)25-13-14-27(43)26(18-25)36(49)44-5/h10-14,16-18,22-23,30-32,35,39,45,52-53H,15,19-20,43H2,1-9H3,(H,44,49)/b12-10+,21-11+/t22-,23+,30+,31-,32+,35+,39?,40+,41+/m1/s1. The molecule has 1 unspecified atom stereocenters. The molecule has 5 rings (SSSR count). The normalized spacial score (nSPS) is 30.9. The van der Waals surface area contributed by atoms with Gasteiger partial charge in [-0.2, -0.15) is 0 Å². The number of nitrogens with two attached hydrogens (primary N) is 1. The first kappa shape index (κ1) is 44.6. The van der Waals surface area contributed by atoms with Crippen LogP contribution in [0.5, 0.6) is 5.75 Å². The summed E-state index contributed by atoms with van der Waals surface area (Å²) < 4.78 is 29.5. The van der Waals surface area contributed by atoms with Crippen molar-refractivity contribution in [1.29, 1.82) is 0 Å². The van der Waals surface area contributed by atoms with Gasteiger partial charge in [-0.15, -0.1) is 0 Å². The largest absolute Gasteiger partial charge is 0.495 e. The summed E-state index contributed by atoms with van der Waals surface area (Å²) in [6, 6.07) is 6.61. The third-order valence-electron chi connectivity index (χ3n) is 11.3. The number of hydrogen-bond acceptors (Lipinski definition) is 13. The molecule has 0 spiro atoms. The molecule has 16 nitrogen and oxygen atoms in total. The van der Waals surface area contributed by atoms with E-state index in [9.17, 15) is 29.4 Å². The highest BCUT2D eigenvalue weighted by Crippen LogP contribution is 2.49. The van der Waals surface area contributed by atoms with E-state index in [-0.39, 0.29) is 34.7 Å². The number of nitrogens with zero attached hydrogens (tertiary/aromatic N) is 2. The number of aliphatic hydroxyl groups excluding tert-OH is 1. The van der Waals surface area contributed by atoms with E-state index in [1.54, 1.807) is 38.3 Å². The topological polar surface area (TPSA) is 215 Å². The van der Waals surface area contributed by atoms with Crippen LogP contribution < -0.4 is 26.0 Å². The number of hydrogen-bond donors (Lipinski definition) is 5. The predicted molar refractivity (Wildman–Crippen MR) is 215 cm³/mol. The Morgan fingerprint density at radius 3 is 2.57 bits per heavy atom. The molecule has 0 aromatic heterocycles. The summed E-state index contributed by atoms with van der Waals surface area (Å²) in [5.41, 5.74) is 5.39. The number of esters is 1. The summed E-state index contributed by atoms with van der Waals surface area (Å²) in [5.74, 6) is -2.55. The molecular weight excluding hydrogens is 774 g/mol. The van der Waals surface area contributed by atoms with Crippen molar-refractivity contribution >= 4 is 46.7 Å². The van der Waals surface area contributed by atoms with Gasteiger partial charge in [0.2, 0.25) is 12.3 Å². The van der Waals surface area contributed by atoms with Gasteiger partial charge >= 0.3 is 5.97 Å². The van der Waals surface area contributed by atoms with Gasteiger partial charge in [0, 0.05) is 51.8 Å². The Kier molecular flexibility index (Phi) is 13.6. The highest BCUT2D eigenvalue weighted by Gasteiger charge is 2.64. The van der Waals surface area contributed by atoms with E-state index in [0.717, 1.165) is 16.0 Å². The van der Waals surface area contributed by atoms with Gasteiger partial charge in [0.15, 0.2) is 5.72 Å². The molecule has 316 valence electrons. The minimum Gasteiger partial charge on any atom is -0.495 e. The molecular formula is C41H54ClN5O11. The average Bonchev–Trinajstić information content (AvgIpc) is 3.89. The molecule has 4 bridgehead atoms. The number of carbonyl (C=O) groups excluding carboxylic acids is 4. The number of fused-ring (bicyclic) bond motifs is 5. The van der Waals surface area contributed by atoms with Gasteiger partial charge in [-0.05, 0) is 63.1 Å². The number of likely N-dealkylation sites (N-methyl/N-ethyl adjacent to an activating group) is 1. The zero-order valence-electron chi connectivity index (χ0n) is 34.2. The van der Waals surface area contributed by atoms with Crippen molar-refractivity contribution in [3.8, 4) is 5.75 Å². The third-order valence-corrected chi connectivity index (χ3v) is 11.7. The smallest absolute Gasteiger partial charge is 0.328 e. The van der Waals surface area contributed by atoms with Gasteiger partial charge in [0.25, 0.3) is 11.8 Å². The molecule has 0 aliphatic carbocycles. The van der Waals surface area contributed by atoms with Crippen LogP contribution in [-0.2, 0) is 35.0 Å². The summed E-state index contributed by atoms with van der Waals surface area (Å²) in [4.78, 5) is 56.8. The second-order valence-corrected chi connectivity index (χ2v) is 15.7. The van der Waals surface area contributed by atoms with Crippen molar-refractivity contribution < 1.29 is 53.1 Å². The average molecular weight is 828 g/mol. The summed E-state index contributed by atoms with van der Waals surface area (Å²) in [6.45, 7) is 6.91. The molecule has 6 N–H and O–H groups in total. The highest BCUT2D eigenvalue weighted by atomic mass is 35.5. The number of ether oxygens (including phenoxy) is 5. The Hall–Kier alpha value is -4.55. The first-order valence-electron chi connectivity index (χ1n) is 18.9. The molecule has 2 aromatic carbocycles. The quantitative estimate of drug-likeness (QED) is 0.155. The zero-order valence-corrected chi connectivity index (χ0v) is 35.0. The summed E-state index contributed by atoms with van der Waals surface area (Å²) in [7, 11) is 7.33. The first-order chi connectivity index (χ1) is 27.3. The van der Waals surface area contributed by atoms with Crippen LogP contribution in [0, 0.1) is 5.92 Å². The highest BCUT2D eigenvalue weighted by molar-refractivity contribution is 6.35. The molecule has 3 aliphatic rings. The molecule has 2 aromatic rings. The van der Waals surface area contributed by atoms with E-state index in [1.807, 2.05) is 19.9 Å². The van der Waals surface area contributed by atoms with Crippen LogP contribution >= 0.6 is 11.6 Å². The number of rotatable bonds is 7. The van der Waals surface area contributed by atoms with Gasteiger partial charge in [0.1, 0.15) is 34.6 Å². The number of allylic oxidation sites excluding steroid dienone is 3. The monoisotopic (exact) mass is 827 g/mol. The molecule has 9 atom stereocenters. The van der Waals surface area contributed by atoms with Crippen molar-refractivity contribution in [2.24, 2.45) is 5.92 Å². The Bertz CT molecular complexity index is 1980. The Labute approximate surface area is 343 Å². The third kappa shape index (κ3) is 9.18. The van der Waals surface area contributed by atoms with E-state index in [1.165, 1.54) is 58.3 Å². The van der Waals surface area contributed by atoms with Crippen molar-refractivity contribution in [3.63, 3.8) is 0 Å². The molecule has 58 heavy (non-hydrogen) atoms. The maximum atomic E-state index is 14.3. The second kappa shape index (κ2) is 17.7. The number of benzene rings is 2. The van der Waals surface area contributed by atoms with Gasteiger partial charge in [0.05, 0.1) is 37.0 Å². The lowest BCUT2D eigenvalue weighted by atomic mass is 9.83. The lowest BCUT2D eigenvalue weighted by Crippen LogP contribution is -2.65. The van der Waals surface area contributed by atoms with Gasteiger partial charge < -0.3 is 54.7 Å². The number of nitrogen functional groups attached to an aromatic ring is 1. The van der Waals surface area contributed by atoms with Gasteiger partial charge in [-0.1, -0.05) is 42.3 Å². The number of carbonyl (C=O) groups is 4. The fourth-order valence-corrected chi connectivity index (χ4v) is 7.83. The second-order valence-electron chi connectivity index (χ2n) is 15.3. The number of aliphatic hydroxyl groups is 2. The number of amides is 3. The predicted octanol–water partition coefficient (Wildman–Crippen LogP) is 2.93. The van der Waals surface area contributed by atoms with Crippen LogP contribution in [0.2, 0.25) is 5.02 Å². The van der Waals surface area contributed by atoms with Crippen molar-refractivity contribution in [3.05, 3.63) is 75.8 Å². The Morgan fingerprint density at radius 2 is 1.91 bits per heavy atom. The zero-order chi connectivity index (χ0) is 42.9. The van der Waals surface area contributed by atoms with Gasteiger partial charge in [-0.3, -0.25) is 14.4 Å². The van der Waals surface area contributed by atoms with Gasteiger partial charge in [-0.25, -0.2) is 10.1 Å². The van der Waals surface area contributed by atoms with Crippen LogP contribution in [0.15, 0.2) is 54.1 Å². The first-order valence-corrected chi connectivity index (χ1v) is 19.3. The van der Waals surface area contributed by atoms with Crippen molar-refractivity contribution in [2.75, 3.05) is 46.0 Å². The molecule has 3 aliphatic heterocycles. The minimum absolute atomic E-state index is 0.0281. The Balaban J connectivity index is 1.51. The SMILES string of the molecule is CNC(=O)c1cc(C(=O)N(C)[C@@H](C)C(=O)O[C@H]2CC(=O)N(C)c3cc(cc(OC)c3Cl)C/C(C)=C/C=C/[C@@H](OC)[C@@]3(O)C[C@H](OC(O)N3)[C@@H](C)[C@@H]3O[C@@]23C)ccc1N. The Morgan fingerprint density at radius 1 is 1.21 bits per heavy atom. The lowest BCUT2D eigenvalue weighted by Gasteiger charge is -2.44. The lowest BCUT2D eigenvalue weighted by molar-refractivity contribution is -0.271. The molecule has 17 heteroatoms. The van der Waals surface area contributed by atoms with Crippen LogP contribution in [0.4, 0.5) is 11.4 Å². The van der Waals surface area contributed by atoms with E-state index < -0.39 is 77.8 Å². The maximum Gasteiger partial charge on any atom is 0.328 e. The molecule has 0 radical (unpaired) electrons. The van der Waals surface area contributed by atoms with Crippen LogP contribution in [-0.4, -0.2) is 122 Å². The van der Waals surface area contributed by atoms with E-state index >= 15 is 0 Å². The van der Waals surface area contributed by atoms with Crippen LogP contribution in [0.1, 0.15) is 66.8 Å². The summed E-state index contributed by atoms with van der Waals surface area (Å²) >= 11 is 6.78. The number of nitrogens with one attached hydrogen (secondary N) is 2. The fourth-order valence-electron chi connectivity index (χ4n) is 7.51. The fraction of sp³-hybridized carbons (Fsp3) is 0.512. The molecule has 3 heterocycles. The van der Waals surface area contributed by atoms with Crippen LogP contribution in [0.25, 0.3) is 0 Å². The maximum absolute atomic E-state index is 14.3. The number of epoxide rings is 1. The molecule has 0 saturated carbocycles. The summed E-state index contributed by atoms with van der Waals surface area (Å²) in [5, 5.41) is 28.0. The van der Waals surface area contributed by atoms with Crippen molar-refractivity contribution in [1.82, 2.24) is 15.5 Å². The number of anilines is 2. The minimum atomic E-state index is -1.76.